The van der Waals surface area contributed by atoms with E-state index in [0.29, 0.717) is 30.8 Å². The number of rotatable bonds is 10. The minimum Gasteiger partial charge on any atom is -0.490 e. The molecule has 0 aliphatic heterocycles. The predicted octanol–water partition coefficient (Wildman–Crippen LogP) is 6.85. The molecule has 0 atom stereocenters. The van der Waals surface area contributed by atoms with Crippen LogP contribution in [0.5, 0.6) is 17.2 Å². The maximum Gasteiger partial charge on any atom is 0.437 e. The Morgan fingerprint density at radius 3 is 2.33 bits per heavy atom. The average molecular weight is 615 g/mol. The smallest absolute Gasteiger partial charge is 0.437 e. The minimum absolute atomic E-state index is 0.0377. The first kappa shape index (κ1) is 32.6. The van der Waals surface area contributed by atoms with E-state index < -0.39 is 60.6 Å². The van der Waals surface area contributed by atoms with Gasteiger partial charge >= 0.3 is 6.18 Å². The zero-order valence-corrected chi connectivity index (χ0v) is 24.4. The van der Waals surface area contributed by atoms with Gasteiger partial charge in [0.05, 0.1) is 36.9 Å². The van der Waals surface area contributed by atoms with Gasteiger partial charge in [-0.3, -0.25) is 14.3 Å². The van der Waals surface area contributed by atoms with Crippen molar-refractivity contribution >= 4 is 8.32 Å². The van der Waals surface area contributed by atoms with Gasteiger partial charge in [-0.05, 0) is 42.4 Å². The maximum absolute atomic E-state index is 14.6. The van der Waals surface area contributed by atoms with Gasteiger partial charge in [-0.25, -0.2) is 18.2 Å². The molecule has 1 aromatic carbocycles. The fraction of sp³-hybridized carbons (Fsp3) is 0.407. The Hall–Kier alpha value is -3.90. The van der Waals surface area contributed by atoms with Crippen molar-refractivity contribution in [2.75, 3.05) is 13.2 Å². The summed E-state index contributed by atoms with van der Waals surface area (Å²) in [5.41, 5.74) is -4.76. The molecule has 0 N–H and O–H groups in total. The Labute approximate surface area is 238 Å². The molecule has 0 fully saturated rings. The molecule has 8 nitrogen and oxygen atoms in total. The molecule has 2 heterocycles. The van der Waals surface area contributed by atoms with Crippen molar-refractivity contribution in [2.45, 2.75) is 58.0 Å². The second-order valence-electron chi connectivity index (χ2n) is 10.7. The molecular weight excluding hydrogens is 586 g/mol. The van der Waals surface area contributed by atoms with E-state index in [1.807, 2.05) is 0 Å². The van der Waals surface area contributed by atoms with E-state index in [-0.39, 0.29) is 23.9 Å². The Balaban J connectivity index is 1.83. The number of nitriles is 1. The van der Waals surface area contributed by atoms with Gasteiger partial charge in [0.15, 0.2) is 25.6 Å². The van der Waals surface area contributed by atoms with Crippen LogP contribution in [-0.4, -0.2) is 36.1 Å². The van der Waals surface area contributed by atoms with Gasteiger partial charge in [-0.2, -0.15) is 18.4 Å². The van der Waals surface area contributed by atoms with Crippen molar-refractivity contribution in [1.29, 1.82) is 5.26 Å². The van der Waals surface area contributed by atoms with Gasteiger partial charge in [0.1, 0.15) is 18.4 Å². The number of hydrogen-bond donors (Lipinski definition) is 0. The van der Waals surface area contributed by atoms with Crippen molar-refractivity contribution in [3.8, 4) is 23.3 Å². The Kier molecular flexibility index (Phi) is 9.73. The van der Waals surface area contributed by atoms with Crippen LogP contribution < -0.4 is 15.0 Å². The fourth-order valence-electron chi connectivity index (χ4n) is 3.32. The topological polar surface area (TPSA) is 99.3 Å². The van der Waals surface area contributed by atoms with Gasteiger partial charge < -0.3 is 13.9 Å². The summed E-state index contributed by atoms with van der Waals surface area (Å²) in [4.78, 5) is 20.4. The molecule has 0 amide bonds. The molecule has 0 spiro atoms. The van der Waals surface area contributed by atoms with E-state index in [9.17, 15) is 31.1 Å². The zero-order chi connectivity index (χ0) is 31.5. The largest absolute Gasteiger partial charge is 0.490 e. The second-order valence-corrected chi connectivity index (χ2v) is 15.5. The molecule has 2 aromatic heterocycles. The molecule has 0 unspecified atom stereocenters. The van der Waals surface area contributed by atoms with Gasteiger partial charge in [-0.1, -0.05) is 20.8 Å². The highest BCUT2D eigenvalue weighted by molar-refractivity contribution is 6.74. The number of halogens is 6. The van der Waals surface area contributed by atoms with E-state index in [4.69, 9.17) is 19.2 Å². The van der Waals surface area contributed by atoms with Gasteiger partial charge in [0, 0.05) is 5.56 Å². The summed E-state index contributed by atoms with van der Waals surface area (Å²) in [5, 5.41) is 9.07. The lowest BCUT2D eigenvalue weighted by atomic mass is 10.1. The van der Waals surface area contributed by atoms with Crippen molar-refractivity contribution in [3.05, 3.63) is 75.5 Å². The number of hydrogen-bond acceptors (Lipinski definition) is 7. The number of alkyl halides is 5. The van der Waals surface area contributed by atoms with E-state index in [0.717, 1.165) is 4.57 Å². The van der Waals surface area contributed by atoms with Crippen molar-refractivity contribution in [1.82, 2.24) is 14.5 Å². The molecule has 3 aromatic rings. The second kappa shape index (κ2) is 12.5. The van der Waals surface area contributed by atoms with Crippen LogP contribution in [0.3, 0.4) is 0 Å². The van der Waals surface area contributed by atoms with Crippen LogP contribution in [0.25, 0.3) is 0 Å². The van der Waals surface area contributed by atoms with Crippen LogP contribution in [0.15, 0.2) is 41.6 Å². The zero-order valence-electron chi connectivity index (χ0n) is 23.4. The van der Waals surface area contributed by atoms with E-state index >= 15 is 0 Å². The Bertz CT molecular complexity index is 1510. The summed E-state index contributed by atoms with van der Waals surface area (Å²) in [6.07, 6.45) is -6.45. The van der Waals surface area contributed by atoms with Crippen LogP contribution in [0.4, 0.5) is 26.3 Å². The van der Waals surface area contributed by atoms with Crippen LogP contribution in [0.2, 0.25) is 18.1 Å². The van der Waals surface area contributed by atoms with Crippen LogP contribution in [-0.2, 0) is 17.1 Å². The molecule has 0 radical (unpaired) electrons. The highest BCUT2D eigenvalue weighted by atomic mass is 28.4. The van der Waals surface area contributed by atoms with Crippen molar-refractivity contribution in [2.24, 2.45) is 0 Å². The van der Waals surface area contributed by atoms with E-state index in [1.54, 1.807) is 6.07 Å². The van der Waals surface area contributed by atoms with Gasteiger partial charge in [0.25, 0.3) is 12.0 Å². The average Bonchev–Trinajstić information content (AvgIpc) is 2.89. The molecule has 0 aliphatic carbocycles. The molecule has 0 saturated heterocycles. The first-order valence-corrected chi connectivity index (χ1v) is 15.4. The van der Waals surface area contributed by atoms with Crippen molar-refractivity contribution < 1.29 is 40.2 Å². The number of pyridine rings is 1. The molecule has 226 valence electrons. The summed E-state index contributed by atoms with van der Waals surface area (Å²) in [7, 11) is -1.95. The number of aromatic nitrogens is 3. The normalized spacial score (nSPS) is 12.4. The third-order valence-corrected chi connectivity index (χ3v) is 11.2. The van der Waals surface area contributed by atoms with Crippen LogP contribution >= 0.6 is 0 Å². The van der Waals surface area contributed by atoms with E-state index in [2.05, 4.69) is 43.8 Å². The molecule has 0 bridgehead atoms. The highest BCUT2D eigenvalue weighted by Gasteiger charge is 2.39. The first-order valence-electron chi connectivity index (χ1n) is 12.5. The SMILES string of the molecule is CC(C)(C)[Si](C)(C)OCCOc1ccc(Cn2cnc(C(F)(F)F)c(Oc3cc(C(F)F)cc(C#N)c3F)c2=O)nc1. The predicted molar refractivity (Wildman–Crippen MR) is 142 cm³/mol. The summed E-state index contributed by atoms with van der Waals surface area (Å²) >= 11 is 0. The summed E-state index contributed by atoms with van der Waals surface area (Å²) in [5.74, 6) is -3.75. The monoisotopic (exact) mass is 614 g/mol. The number of ether oxygens (including phenoxy) is 2. The third-order valence-electron chi connectivity index (χ3n) is 6.66. The van der Waals surface area contributed by atoms with E-state index in [1.165, 1.54) is 18.3 Å². The molecule has 0 aliphatic rings. The number of nitrogens with zero attached hydrogens (tertiary/aromatic N) is 4. The Morgan fingerprint density at radius 2 is 1.79 bits per heavy atom. The third kappa shape index (κ3) is 7.68. The Morgan fingerprint density at radius 1 is 1.10 bits per heavy atom. The lowest BCUT2D eigenvalue weighted by molar-refractivity contribution is -0.142. The molecular formula is C27H28F6N4O4Si. The lowest BCUT2D eigenvalue weighted by Crippen LogP contribution is -2.41. The van der Waals surface area contributed by atoms with Gasteiger partial charge in [0.2, 0.25) is 5.75 Å². The molecule has 15 heteroatoms. The fourth-order valence-corrected chi connectivity index (χ4v) is 4.35. The van der Waals surface area contributed by atoms with Crippen LogP contribution in [0, 0.1) is 17.1 Å². The summed E-state index contributed by atoms with van der Waals surface area (Å²) in [6, 6.07) is 5.28. The number of benzene rings is 1. The first-order chi connectivity index (χ1) is 19.4. The maximum atomic E-state index is 14.6. The summed E-state index contributed by atoms with van der Waals surface area (Å²) in [6.45, 7) is 10.8. The van der Waals surface area contributed by atoms with Crippen molar-refractivity contribution in [3.63, 3.8) is 0 Å². The summed E-state index contributed by atoms with van der Waals surface area (Å²) < 4.78 is 99.3. The van der Waals surface area contributed by atoms with Crippen LogP contribution in [0.1, 0.15) is 49.7 Å². The van der Waals surface area contributed by atoms with Gasteiger partial charge in [-0.15, -0.1) is 0 Å². The molecule has 0 saturated carbocycles. The minimum atomic E-state index is -5.21. The molecule has 3 rings (SSSR count). The standard InChI is InChI=1S/C27H28F6N4O4Si/c1-26(2,3)42(4,5)40-9-8-39-19-7-6-18(35-13-19)14-37-15-36-23(27(31,32)33)22(25(37)38)41-20-11-16(24(29)30)10-17(12-34)21(20)28/h6-7,10-11,13,15,24H,8-9,14H2,1-5H3. The highest BCUT2D eigenvalue weighted by Crippen LogP contribution is 2.38. The lowest BCUT2D eigenvalue weighted by Gasteiger charge is -2.36. The quantitative estimate of drug-likeness (QED) is 0.140. The molecule has 42 heavy (non-hydrogen) atoms.